The first-order valence-electron chi connectivity index (χ1n) is 19.3. The van der Waals surface area contributed by atoms with Crippen molar-refractivity contribution in [2.75, 3.05) is 6.54 Å². The molecule has 0 aliphatic carbocycles. The van der Waals surface area contributed by atoms with Gasteiger partial charge in [0.25, 0.3) is 0 Å². The van der Waals surface area contributed by atoms with E-state index in [1.807, 2.05) is 54.6 Å². The Morgan fingerprint density at radius 3 is 1.79 bits per heavy atom. The van der Waals surface area contributed by atoms with Crippen molar-refractivity contribution in [3.8, 4) is 0 Å². The molecule has 1 aromatic heterocycles. The summed E-state index contributed by atoms with van der Waals surface area (Å²) in [4.78, 5) is 98.3. The molecule has 0 saturated carbocycles. The van der Waals surface area contributed by atoms with Gasteiger partial charge >= 0.3 is 0 Å². The summed E-state index contributed by atoms with van der Waals surface area (Å²) in [7, 11) is 0. The van der Waals surface area contributed by atoms with E-state index in [9.17, 15) is 33.6 Å². The van der Waals surface area contributed by atoms with E-state index >= 15 is 0 Å². The van der Waals surface area contributed by atoms with Gasteiger partial charge in [0, 0.05) is 42.4 Å². The van der Waals surface area contributed by atoms with E-state index in [-0.39, 0.29) is 25.8 Å². The molecule has 0 bridgehead atoms. The van der Waals surface area contributed by atoms with Crippen molar-refractivity contribution < 1.29 is 33.6 Å². The summed E-state index contributed by atoms with van der Waals surface area (Å²) in [5.74, 6) is -5.48. The van der Waals surface area contributed by atoms with Gasteiger partial charge in [0.2, 0.25) is 41.4 Å². The molecule has 7 atom stereocenters. The molecule has 15 nitrogen and oxygen atoms in total. The number of aromatic amines is 1. The Morgan fingerprint density at radius 1 is 0.589 bits per heavy atom. The van der Waals surface area contributed by atoms with Crippen LogP contribution in [0.15, 0.2) is 60.8 Å². The van der Waals surface area contributed by atoms with Crippen LogP contribution in [-0.2, 0) is 40.0 Å². The van der Waals surface area contributed by atoms with Crippen LogP contribution in [0.2, 0.25) is 0 Å². The summed E-state index contributed by atoms with van der Waals surface area (Å²) in [5.41, 5.74) is 2.39. The number of amides is 7. The van der Waals surface area contributed by atoms with E-state index in [2.05, 4.69) is 42.2 Å². The molecule has 56 heavy (non-hydrogen) atoms. The largest absolute Gasteiger partial charge is 0.361 e. The summed E-state index contributed by atoms with van der Waals surface area (Å²) < 4.78 is 0. The van der Waals surface area contributed by atoms with Crippen molar-refractivity contribution in [3.63, 3.8) is 0 Å². The van der Waals surface area contributed by atoms with Crippen molar-refractivity contribution in [1.29, 1.82) is 0 Å². The molecule has 1 aliphatic heterocycles. The number of H-pyrrole nitrogens is 1. The number of carbonyl (C=O) groups is 7. The van der Waals surface area contributed by atoms with Gasteiger partial charge in [0.15, 0.2) is 0 Å². The maximum atomic E-state index is 14.1. The van der Waals surface area contributed by atoms with Crippen molar-refractivity contribution in [3.05, 3.63) is 71.9 Å². The normalized spacial score (nSPS) is 25.0. The van der Waals surface area contributed by atoms with Crippen molar-refractivity contribution in [2.45, 2.75) is 110 Å². The van der Waals surface area contributed by atoms with E-state index < -0.39 is 95.4 Å². The maximum Gasteiger partial charge on any atom is 0.243 e. The molecule has 1 aliphatic rings. The Hall–Kier alpha value is -5.73. The number of benzene rings is 2. The van der Waals surface area contributed by atoms with E-state index in [1.54, 1.807) is 40.8 Å². The Morgan fingerprint density at radius 2 is 1.12 bits per heavy atom. The molecule has 7 amide bonds. The number of rotatable bonds is 6. The van der Waals surface area contributed by atoms with Crippen LogP contribution in [0.5, 0.6) is 0 Å². The van der Waals surface area contributed by atoms with Crippen LogP contribution in [-0.4, -0.2) is 89.1 Å². The molecule has 302 valence electrons. The Balaban J connectivity index is 1.65. The van der Waals surface area contributed by atoms with Crippen LogP contribution in [0.1, 0.15) is 78.4 Å². The van der Waals surface area contributed by atoms with Gasteiger partial charge in [0.1, 0.15) is 36.3 Å². The first-order valence-corrected chi connectivity index (χ1v) is 19.3. The van der Waals surface area contributed by atoms with Crippen molar-refractivity contribution in [2.24, 2.45) is 11.8 Å². The highest BCUT2D eigenvalue weighted by Gasteiger charge is 2.36. The number of aromatic nitrogens is 1. The maximum absolute atomic E-state index is 14.1. The van der Waals surface area contributed by atoms with Gasteiger partial charge in [-0.15, -0.1) is 0 Å². The van der Waals surface area contributed by atoms with Crippen LogP contribution >= 0.6 is 0 Å². The van der Waals surface area contributed by atoms with Crippen LogP contribution in [0.4, 0.5) is 0 Å². The molecule has 0 radical (unpaired) electrons. The lowest BCUT2D eigenvalue weighted by molar-refractivity contribution is -0.136. The Bertz CT molecular complexity index is 1880. The molecular formula is C41H56N8O7. The SMILES string of the molecule is CC(C)[C@@H]1NC(=O)[C@H](C)NC(=O)CCCNC(=O)[C@H](Cc2c[nH]c3ccccc23)NC(=O)[C@H](C)NC(=O)[C@H](C(C)C)NC(=O)[C@H]([C@H](C)c2ccccc2)NC1=O. The fourth-order valence-corrected chi connectivity index (χ4v) is 6.56. The summed E-state index contributed by atoms with van der Waals surface area (Å²) in [6.07, 6.45) is 2.13. The van der Waals surface area contributed by atoms with E-state index in [0.717, 1.165) is 22.0 Å². The molecule has 0 unspecified atom stereocenters. The van der Waals surface area contributed by atoms with Crippen molar-refractivity contribution in [1.82, 2.24) is 42.2 Å². The highest BCUT2D eigenvalue weighted by Crippen LogP contribution is 2.21. The first-order chi connectivity index (χ1) is 26.6. The number of carbonyl (C=O) groups excluding carboxylic acids is 7. The van der Waals surface area contributed by atoms with E-state index in [0.29, 0.717) is 0 Å². The fourth-order valence-electron chi connectivity index (χ4n) is 6.56. The smallest absolute Gasteiger partial charge is 0.243 e. The standard InChI is InChI=1S/C41H56N8O7/c1-22(2)33-39(54)45-26(7)36(51)46-31(20-28-21-43-30-17-12-11-16-29(28)30)38(53)42-19-13-18-32(50)44-25(6)37(52)47-34(23(3)4)40(55)49-35(41(56)48-33)24(5)27-14-9-8-10-15-27/h8-12,14-17,21-26,31,33-35,43H,13,18-20H2,1-7H3,(H,42,53)(H,44,50)(H,45,54)(H,46,51)(H,47,52)(H,48,56)(H,49,55)/t24-,25+,26+,31+,33+,34+,35+/m1/s1. The monoisotopic (exact) mass is 772 g/mol. The molecule has 15 heteroatoms. The minimum absolute atomic E-state index is 0.0142. The highest BCUT2D eigenvalue weighted by molar-refractivity contribution is 5.97. The molecule has 0 spiro atoms. The third kappa shape index (κ3) is 11.4. The Labute approximate surface area is 327 Å². The predicted octanol–water partition coefficient (Wildman–Crippen LogP) is 1.68. The van der Waals surface area contributed by atoms with Crippen molar-refractivity contribution >= 4 is 52.3 Å². The molecule has 8 N–H and O–H groups in total. The van der Waals surface area contributed by atoms with Gasteiger partial charge in [-0.05, 0) is 49.3 Å². The van der Waals surface area contributed by atoms with E-state index in [1.165, 1.54) is 13.8 Å². The zero-order valence-corrected chi connectivity index (χ0v) is 33.2. The number of hydrogen-bond donors (Lipinski definition) is 8. The van der Waals surface area contributed by atoms with E-state index in [4.69, 9.17) is 0 Å². The minimum Gasteiger partial charge on any atom is -0.361 e. The molecular weight excluding hydrogens is 716 g/mol. The average Bonchev–Trinajstić information content (AvgIpc) is 3.57. The number of fused-ring (bicyclic) bond motifs is 1. The quantitative estimate of drug-likeness (QED) is 0.185. The van der Waals surface area contributed by atoms with Crippen LogP contribution in [0, 0.1) is 11.8 Å². The molecule has 1 saturated heterocycles. The lowest BCUT2D eigenvalue weighted by Gasteiger charge is -2.31. The molecule has 2 heterocycles. The number of nitrogens with one attached hydrogen (secondary N) is 8. The van der Waals surface area contributed by atoms with Gasteiger partial charge < -0.3 is 42.2 Å². The average molecular weight is 773 g/mol. The molecule has 1 fully saturated rings. The predicted molar refractivity (Wildman–Crippen MR) is 212 cm³/mol. The molecule has 4 rings (SSSR count). The summed E-state index contributed by atoms with van der Waals surface area (Å²) >= 11 is 0. The first kappa shape index (κ1) is 43.0. The van der Waals surface area contributed by atoms with Gasteiger partial charge in [0.05, 0.1) is 0 Å². The van der Waals surface area contributed by atoms with Crippen LogP contribution < -0.4 is 37.2 Å². The van der Waals surface area contributed by atoms with Gasteiger partial charge in [-0.2, -0.15) is 0 Å². The second-order valence-corrected chi connectivity index (χ2v) is 15.2. The second kappa shape index (κ2) is 19.7. The van der Waals surface area contributed by atoms with Gasteiger partial charge in [-0.25, -0.2) is 0 Å². The zero-order chi connectivity index (χ0) is 41.1. The third-order valence-electron chi connectivity index (χ3n) is 10.0. The minimum atomic E-state index is -1.18. The fraction of sp³-hybridized carbons (Fsp3) is 0.488. The topological polar surface area (TPSA) is 219 Å². The highest BCUT2D eigenvalue weighted by atomic mass is 16.2. The lowest BCUT2D eigenvalue weighted by atomic mass is 9.91. The third-order valence-corrected chi connectivity index (χ3v) is 10.0. The summed E-state index contributed by atoms with van der Waals surface area (Å²) in [5, 5.41) is 20.1. The Kier molecular flexibility index (Phi) is 15.2. The number of para-hydroxylation sites is 1. The summed E-state index contributed by atoms with van der Waals surface area (Å²) in [6, 6.07) is 10.1. The van der Waals surface area contributed by atoms with Gasteiger partial charge in [-0.1, -0.05) is 83.1 Å². The molecule has 3 aromatic rings. The summed E-state index contributed by atoms with van der Waals surface area (Å²) in [6.45, 7) is 11.8. The second-order valence-electron chi connectivity index (χ2n) is 15.2. The van der Waals surface area contributed by atoms with Crippen LogP contribution in [0.25, 0.3) is 10.9 Å². The van der Waals surface area contributed by atoms with Gasteiger partial charge in [-0.3, -0.25) is 33.6 Å². The zero-order valence-electron chi connectivity index (χ0n) is 33.2. The lowest BCUT2D eigenvalue weighted by Crippen LogP contribution is -2.61. The number of hydrogen-bond acceptors (Lipinski definition) is 7. The van der Waals surface area contributed by atoms with Crippen LogP contribution in [0.3, 0.4) is 0 Å². The molecule has 2 aromatic carbocycles.